The van der Waals surface area contributed by atoms with Crippen LogP contribution in [0.25, 0.3) is 11.3 Å². The van der Waals surface area contributed by atoms with Crippen molar-refractivity contribution in [2.24, 2.45) is 0 Å². The van der Waals surface area contributed by atoms with E-state index in [0.29, 0.717) is 0 Å². The van der Waals surface area contributed by atoms with Crippen LogP contribution in [0.3, 0.4) is 0 Å². The Morgan fingerprint density at radius 1 is 1.13 bits per heavy atom. The van der Waals surface area contributed by atoms with Crippen molar-refractivity contribution in [1.29, 1.82) is 0 Å². The summed E-state index contributed by atoms with van der Waals surface area (Å²) in [6.07, 6.45) is 0. The number of hydrogen-bond donors (Lipinski definition) is 1. The number of fused-ring (bicyclic) bond motifs is 1. The minimum absolute atomic E-state index is 0.834. The van der Waals surface area contributed by atoms with E-state index in [1.54, 1.807) is 0 Å². The summed E-state index contributed by atoms with van der Waals surface area (Å²) in [4.78, 5) is 0. The fourth-order valence-corrected chi connectivity index (χ4v) is 2.56. The van der Waals surface area contributed by atoms with E-state index in [4.69, 9.17) is 4.42 Å². The van der Waals surface area contributed by atoms with Crippen LogP contribution in [-0.2, 0) is 13.1 Å². The number of hydrogen-bond acceptors (Lipinski definition) is 2. The van der Waals surface area contributed by atoms with E-state index >= 15 is 0 Å². The molecule has 2 aromatic rings. The van der Waals surface area contributed by atoms with Gasteiger partial charge in [-0.15, -0.1) is 0 Å². The molecule has 0 atom stereocenters. The Morgan fingerprint density at radius 2 is 1.93 bits per heavy atom. The molecule has 0 unspecified atom stereocenters. The third kappa shape index (κ3) is 1.43. The molecule has 1 N–H and O–H groups in total. The zero-order valence-corrected chi connectivity index (χ0v) is 9.67. The molecule has 0 bridgehead atoms. The summed E-state index contributed by atoms with van der Waals surface area (Å²) in [6, 6.07) is 10.2. The van der Waals surface area contributed by atoms with Crippen molar-refractivity contribution in [2.45, 2.75) is 13.1 Å². The molecule has 0 saturated carbocycles. The molecule has 1 aromatic carbocycles. The van der Waals surface area contributed by atoms with Gasteiger partial charge < -0.3 is 9.73 Å². The Morgan fingerprint density at radius 3 is 2.67 bits per heavy atom. The normalized spacial score (nSPS) is 14.2. The van der Waals surface area contributed by atoms with E-state index in [0.717, 1.165) is 34.6 Å². The molecule has 0 radical (unpaired) electrons. The average Bonchev–Trinajstić information content (AvgIpc) is 2.83. The van der Waals surface area contributed by atoms with Gasteiger partial charge in [0.15, 0.2) is 0 Å². The second-order valence-electron chi connectivity index (χ2n) is 3.62. The predicted molar refractivity (Wildman–Crippen MR) is 62.4 cm³/mol. The van der Waals surface area contributed by atoms with Crippen molar-refractivity contribution in [2.75, 3.05) is 0 Å². The standard InChI is InChI=1S/C12H10BrNO/c13-11-9-6-14-7-10(9)15-12(11)8-4-2-1-3-5-8/h1-5,14H,6-7H2. The first-order valence-corrected chi connectivity index (χ1v) is 5.72. The van der Waals surface area contributed by atoms with Gasteiger partial charge in [-0.1, -0.05) is 30.3 Å². The largest absolute Gasteiger partial charge is 0.458 e. The molecule has 0 fully saturated rings. The molecule has 15 heavy (non-hydrogen) atoms. The molecule has 1 aromatic heterocycles. The third-order valence-electron chi connectivity index (χ3n) is 2.65. The van der Waals surface area contributed by atoms with Gasteiger partial charge in [-0.05, 0) is 15.9 Å². The van der Waals surface area contributed by atoms with Gasteiger partial charge in [0.25, 0.3) is 0 Å². The van der Waals surface area contributed by atoms with Crippen molar-refractivity contribution < 1.29 is 4.42 Å². The van der Waals surface area contributed by atoms with E-state index < -0.39 is 0 Å². The minimum Gasteiger partial charge on any atom is -0.458 e. The maximum atomic E-state index is 5.83. The number of rotatable bonds is 1. The highest BCUT2D eigenvalue weighted by Crippen LogP contribution is 2.37. The summed E-state index contributed by atoms with van der Waals surface area (Å²) in [5.41, 5.74) is 2.38. The average molecular weight is 264 g/mol. The molecule has 1 aliphatic rings. The van der Waals surface area contributed by atoms with Crippen LogP contribution in [0.4, 0.5) is 0 Å². The summed E-state index contributed by atoms with van der Waals surface area (Å²) in [7, 11) is 0. The molecular weight excluding hydrogens is 254 g/mol. The molecule has 0 spiro atoms. The first-order chi connectivity index (χ1) is 7.36. The highest BCUT2D eigenvalue weighted by atomic mass is 79.9. The maximum Gasteiger partial charge on any atom is 0.148 e. The molecule has 2 heterocycles. The summed E-state index contributed by atoms with van der Waals surface area (Å²) < 4.78 is 6.92. The van der Waals surface area contributed by atoms with Crippen molar-refractivity contribution in [3.8, 4) is 11.3 Å². The first kappa shape index (κ1) is 9.19. The van der Waals surface area contributed by atoms with Gasteiger partial charge in [-0.3, -0.25) is 0 Å². The van der Waals surface area contributed by atoms with E-state index in [1.165, 1.54) is 5.56 Å². The quantitative estimate of drug-likeness (QED) is 0.854. The van der Waals surface area contributed by atoms with Crippen LogP contribution in [0.1, 0.15) is 11.3 Å². The van der Waals surface area contributed by atoms with Crippen LogP contribution in [-0.4, -0.2) is 0 Å². The van der Waals surface area contributed by atoms with Crippen molar-refractivity contribution in [1.82, 2.24) is 5.32 Å². The van der Waals surface area contributed by atoms with Crippen LogP contribution >= 0.6 is 15.9 Å². The smallest absolute Gasteiger partial charge is 0.148 e. The first-order valence-electron chi connectivity index (χ1n) is 4.92. The van der Waals surface area contributed by atoms with Crippen molar-refractivity contribution in [3.63, 3.8) is 0 Å². The van der Waals surface area contributed by atoms with Gasteiger partial charge in [0, 0.05) is 17.7 Å². The number of benzene rings is 1. The molecule has 3 heteroatoms. The summed E-state index contributed by atoms with van der Waals surface area (Å²) >= 11 is 3.61. The minimum atomic E-state index is 0.834. The lowest BCUT2D eigenvalue weighted by atomic mass is 10.1. The molecule has 0 saturated heterocycles. The molecule has 3 rings (SSSR count). The van der Waals surface area contributed by atoms with Crippen LogP contribution in [0.2, 0.25) is 0 Å². The SMILES string of the molecule is Brc1c(-c2ccccc2)oc2c1CNC2. The predicted octanol–water partition coefficient (Wildman–Crippen LogP) is 3.31. The summed E-state index contributed by atoms with van der Waals surface area (Å²) in [5, 5.41) is 3.26. The van der Waals surface area contributed by atoms with Gasteiger partial charge in [0.05, 0.1) is 11.0 Å². The lowest BCUT2D eigenvalue weighted by molar-refractivity contribution is 0.517. The van der Waals surface area contributed by atoms with Gasteiger partial charge >= 0.3 is 0 Å². The second-order valence-corrected chi connectivity index (χ2v) is 4.41. The summed E-state index contributed by atoms with van der Waals surface area (Å²) in [5.74, 6) is 2.00. The molecule has 76 valence electrons. The van der Waals surface area contributed by atoms with Crippen LogP contribution in [0.5, 0.6) is 0 Å². The Kier molecular flexibility index (Phi) is 2.15. The Balaban J connectivity index is 2.14. The Bertz CT molecular complexity index is 490. The van der Waals surface area contributed by atoms with Crippen molar-refractivity contribution in [3.05, 3.63) is 46.1 Å². The van der Waals surface area contributed by atoms with Crippen LogP contribution in [0.15, 0.2) is 39.2 Å². The highest BCUT2D eigenvalue weighted by molar-refractivity contribution is 9.10. The van der Waals surface area contributed by atoms with Crippen LogP contribution < -0.4 is 5.32 Å². The van der Waals surface area contributed by atoms with Crippen LogP contribution in [0, 0.1) is 0 Å². The van der Waals surface area contributed by atoms with E-state index in [-0.39, 0.29) is 0 Å². The summed E-state index contributed by atoms with van der Waals surface area (Å²) in [6.45, 7) is 1.73. The number of furan rings is 1. The lowest BCUT2D eigenvalue weighted by Crippen LogP contribution is -2.01. The molecule has 0 aliphatic carbocycles. The fraction of sp³-hybridized carbons (Fsp3) is 0.167. The number of nitrogens with one attached hydrogen (secondary N) is 1. The molecule has 1 aliphatic heterocycles. The lowest BCUT2D eigenvalue weighted by Gasteiger charge is -1.98. The van der Waals surface area contributed by atoms with Gasteiger partial charge in [-0.25, -0.2) is 0 Å². The Hall–Kier alpha value is -1.06. The second kappa shape index (κ2) is 3.51. The number of halogens is 1. The monoisotopic (exact) mass is 263 g/mol. The van der Waals surface area contributed by atoms with Gasteiger partial charge in [-0.2, -0.15) is 0 Å². The molecule has 0 amide bonds. The zero-order valence-electron chi connectivity index (χ0n) is 8.09. The van der Waals surface area contributed by atoms with E-state index in [2.05, 4.69) is 33.4 Å². The van der Waals surface area contributed by atoms with Gasteiger partial charge in [0.1, 0.15) is 11.5 Å². The fourth-order valence-electron chi connectivity index (χ4n) is 1.88. The Labute approximate surface area is 96.4 Å². The third-order valence-corrected chi connectivity index (χ3v) is 3.49. The maximum absolute atomic E-state index is 5.83. The van der Waals surface area contributed by atoms with Gasteiger partial charge in [0.2, 0.25) is 0 Å². The van der Waals surface area contributed by atoms with E-state index in [1.807, 2.05) is 18.2 Å². The van der Waals surface area contributed by atoms with E-state index in [9.17, 15) is 0 Å². The molecular formula is C12H10BrNO. The zero-order chi connectivity index (χ0) is 10.3. The molecule has 2 nitrogen and oxygen atoms in total. The topological polar surface area (TPSA) is 25.2 Å². The van der Waals surface area contributed by atoms with Crippen molar-refractivity contribution >= 4 is 15.9 Å². The highest BCUT2D eigenvalue weighted by Gasteiger charge is 2.22.